The van der Waals surface area contributed by atoms with E-state index < -0.39 is 16.0 Å². The van der Waals surface area contributed by atoms with Crippen molar-refractivity contribution in [1.29, 1.82) is 0 Å². The molecule has 0 saturated heterocycles. The molecule has 20 heavy (non-hydrogen) atoms. The second-order valence-corrected chi connectivity index (χ2v) is 5.90. The molecule has 1 aliphatic heterocycles. The predicted molar refractivity (Wildman–Crippen MR) is 73.0 cm³/mol. The molecule has 7 nitrogen and oxygen atoms in total. The highest BCUT2D eigenvalue weighted by Crippen LogP contribution is 2.17. The molecule has 1 aromatic carbocycles. The molecule has 9 heteroatoms. The van der Waals surface area contributed by atoms with Gasteiger partial charge in [-0.25, -0.2) is 5.01 Å². The third-order valence-electron chi connectivity index (χ3n) is 2.47. The van der Waals surface area contributed by atoms with E-state index in [1.54, 1.807) is 0 Å². The van der Waals surface area contributed by atoms with Crippen LogP contribution in [0, 0.1) is 0 Å². The van der Waals surface area contributed by atoms with Gasteiger partial charge < -0.3 is 0 Å². The van der Waals surface area contributed by atoms with Gasteiger partial charge in [0, 0.05) is 12.1 Å². The summed E-state index contributed by atoms with van der Waals surface area (Å²) in [5, 5.41) is 8.64. The monoisotopic (exact) mass is 315 g/mol. The van der Waals surface area contributed by atoms with Crippen LogP contribution in [-0.2, 0) is 19.2 Å². The maximum Gasteiger partial charge on any atom is 0.358 e. The number of carbonyl (C=O) groups is 1. The summed E-state index contributed by atoms with van der Waals surface area (Å²) in [5.41, 5.74) is 0.133. The van der Waals surface area contributed by atoms with E-state index in [1.807, 2.05) is 0 Å². The van der Waals surface area contributed by atoms with Crippen LogP contribution in [0.4, 0.5) is 0 Å². The normalized spacial score (nSPS) is 17.6. The molecule has 0 saturated carbocycles. The first-order valence-electron chi connectivity index (χ1n) is 5.42. The van der Waals surface area contributed by atoms with Gasteiger partial charge in [0.25, 0.3) is 5.91 Å². The Labute approximate surface area is 120 Å². The average Bonchev–Trinajstić information content (AvgIpc) is 2.62. The molecule has 0 bridgehead atoms. The second kappa shape index (κ2) is 5.22. The third kappa shape index (κ3) is 2.81. The zero-order valence-corrected chi connectivity index (χ0v) is 12.1. The van der Waals surface area contributed by atoms with Crippen molar-refractivity contribution in [1.82, 2.24) is 5.01 Å². The lowest BCUT2D eigenvalue weighted by Crippen LogP contribution is -2.24. The highest BCUT2D eigenvalue weighted by atomic mass is 35.5. The number of nitrogens with zero attached hydrogens (tertiary/aromatic N) is 3. The third-order valence-corrected chi connectivity index (χ3v) is 3.84. The van der Waals surface area contributed by atoms with Gasteiger partial charge in [0.05, 0.1) is 5.71 Å². The lowest BCUT2D eigenvalue weighted by Gasteiger charge is -2.03. The van der Waals surface area contributed by atoms with Crippen LogP contribution in [0.5, 0.6) is 0 Å². The van der Waals surface area contributed by atoms with Crippen LogP contribution in [0.1, 0.15) is 6.92 Å². The highest BCUT2D eigenvalue weighted by molar-refractivity contribution is 7.86. The Morgan fingerprint density at radius 2 is 1.90 bits per heavy atom. The summed E-state index contributed by atoms with van der Waals surface area (Å²) in [4.78, 5) is 11.5. The Bertz CT molecular complexity index is 710. The number of hydrogen-bond acceptors (Lipinski definition) is 6. The first-order chi connectivity index (χ1) is 9.31. The van der Waals surface area contributed by atoms with Crippen molar-refractivity contribution in [3.63, 3.8) is 0 Å². The second-order valence-electron chi connectivity index (χ2n) is 3.94. The van der Waals surface area contributed by atoms with E-state index in [1.165, 1.54) is 38.2 Å². The maximum absolute atomic E-state index is 11.9. The first-order valence-corrected chi connectivity index (χ1v) is 7.21. The minimum absolute atomic E-state index is 0.111. The predicted octanol–water partition coefficient (Wildman–Crippen LogP) is 1.25. The van der Waals surface area contributed by atoms with E-state index in [9.17, 15) is 13.2 Å². The fraction of sp³-hybridized carbons (Fsp3) is 0.182. The minimum Gasteiger partial charge on any atom is -0.265 e. The van der Waals surface area contributed by atoms with E-state index in [2.05, 4.69) is 14.5 Å². The fourth-order valence-corrected chi connectivity index (χ4v) is 2.32. The van der Waals surface area contributed by atoms with Gasteiger partial charge in [-0.3, -0.25) is 9.08 Å². The number of amides is 1. The standard InChI is InChI=1S/C11H10ClN3O4S/c1-7-10(11(16)15(2)13-7)14-19-20(17,18)9-5-3-8(12)4-6-9/h3-6H,1-2H3. The molecule has 1 amide bonds. The fourth-order valence-electron chi connectivity index (χ4n) is 1.46. The highest BCUT2D eigenvalue weighted by Gasteiger charge is 2.28. The molecule has 0 N–H and O–H groups in total. The van der Waals surface area contributed by atoms with Gasteiger partial charge >= 0.3 is 10.1 Å². The summed E-state index contributed by atoms with van der Waals surface area (Å²) in [6.45, 7) is 1.53. The SMILES string of the molecule is CC1=NN(C)C(=O)C1=NOS(=O)(=O)c1ccc(Cl)cc1. The number of oxime groups is 1. The van der Waals surface area contributed by atoms with Crippen molar-refractivity contribution >= 4 is 39.0 Å². The van der Waals surface area contributed by atoms with Crippen molar-refractivity contribution < 1.29 is 17.5 Å². The van der Waals surface area contributed by atoms with Crippen molar-refractivity contribution in [2.24, 2.45) is 10.3 Å². The minimum atomic E-state index is -4.10. The number of benzene rings is 1. The molecule has 0 radical (unpaired) electrons. The van der Waals surface area contributed by atoms with Crippen molar-refractivity contribution in [3.05, 3.63) is 29.3 Å². The summed E-state index contributed by atoms with van der Waals surface area (Å²) >= 11 is 5.67. The lowest BCUT2D eigenvalue weighted by atomic mass is 10.3. The molecule has 0 unspecified atom stereocenters. The maximum atomic E-state index is 11.9. The molecule has 0 fully saturated rings. The Morgan fingerprint density at radius 1 is 1.30 bits per heavy atom. The Balaban J connectivity index is 2.24. The molecule has 0 atom stereocenters. The van der Waals surface area contributed by atoms with Gasteiger partial charge in [-0.05, 0) is 31.2 Å². The van der Waals surface area contributed by atoms with E-state index >= 15 is 0 Å². The zero-order chi connectivity index (χ0) is 14.9. The summed E-state index contributed by atoms with van der Waals surface area (Å²) in [5.74, 6) is -0.534. The first kappa shape index (κ1) is 14.5. The van der Waals surface area contributed by atoms with Crippen LogP contribution < -0.4 is 0 Å². The molecule has 1 aromatic rings. The van der Waals surface area contributed by atoms with Crippen LogP contribution >= 0.6 is 11.6 Å². The van der Waals surface area contributed by atoms with Crippen LogP contribution in [0.25, 0.3) is 0 Å². The number of hydrogen-bond donors (Lipinski definition) is 0. The van der Waals surface area contributed by atoms with Gasteiger partial charge in [-0.15, -0.1) is 0 Å². The number of hydrazone groups is 1. The van der Waals surface area contributed by atoms with Gasteiger partial charge in [0.1, 0.15) is 4.90 Å². The van der Waals surface area contributed by atoms with E-state index in [0.717, 1.165) is 5.01 Å². The average molecular weight is 316 g/mol. The smallest absolute Gasteiger partial charge is 0.265 e. The van der Waals surface area contributed by atoms with E-state index in [0.29, 0.717) is 5.02 Å². The molecule has 0 aliphatic carbocycles. The molecule has 2 rings (SSSR count). The largest absolute Gasteiger partial charge is 0.358 e. The van der Waals surface area contributed by atoms with Gasteiger partial charge in [-0.2, -0.15) is 13.5 Å². The lowest BCUT2D eigenvalue weighted by molar-refractivity contribution is -0.122. The molecule has 1 aliphatic rings. The van der Waals surface area contributed by atoms with Gasteiger partial charge in [-0.1, -0.05) is 16.8 Å². The zero-order valence-electron chi connectivity index (χ0n) is 10.6. The quantitative estimate of drug-likeness (QED) is 0.785. The van der Waals surface area contributed by atoms with E-state index in [-0.39, 0.29) is 16.3 Å². The van der Waals surface area contributed by atoms with Crippen molar-refractivity contribution in [3.8, 4) is 0 Å². The molecular formula is C11H10ClN3O4S. The van der Waals surface area contributed by atoms with E-state index in [4.69, 9.17) is 11.6 Å². The Morgan fingerprint density at radius 3 is 2.40 bits per heavy atom. The number of carbonyl (C=O) groups excluding carboxylic acids is 1. The summed E-state index contributed by atoms with van der Waals surface area (Å²) in [6, 6.07) is 5.38. The van der Waals surface area contributed by atoms with Crippen LogP contribution in [-0.4, -0.2) is 37.8 Å². The summed E-state index contributed by atoms with van der Waals surface area (Å²) < 4.78 is 28.2. The molecule has 0 aromatic heterocycles. The Kier molecular flexibility index (Phi) is 3.78. The van der Waals surface area contributed by atoms with Crippen LogP contribution in [0.2, 0.25) is 5.02 Å². The Hall–Kier alpha value is -1.93. The summed E-state index contributed by atoms with van der Waals surface area (Å²) in [7, 11) is -2.67. The molecule has 1 heterocycles. The van der Waals surface area contributed by atoms with Crippen LogP contribution in [0.3, 0.4) is 0 Å². The molecular weight excluding hydrogens is 306 g/mol. The summed E-state index contributed by atoms with van der Waals surface area (Å²) in [6.07, 6.45) is 0. The van der Waals surface area contributed by atoms with Crippen LogP contribution in [0.15, 0.2) is 39.4 Å². The topological polar surface area (TPSA) is 88.4 Å². The van der Waals surface area contributed by atoms with Crippen molar-refractivity contribution in [2.75, 3.05) is 7.05 Å². The van der Waals surface area contributed by atoms with Gasteiger partial charge in [0.2, 0.25) is 0 Å². The number of rotatable bonds is 3. The molecule has 0 spiro atoms. The van der Waals surface area contributed by atoms with Gasteiger partial charge in [0.15, 0.2) is 5.71 Å². The molecule has 106 valence electrons. The number of halogens is 1. The van der Waals surface area contributed by atoms with Crippen molar-refractivity contribution in [2.45, 2.75) is 11.8 Å².